The zero-order chi connectivity index (χ0) is 9.26. The third-order valence-corrected chi connectivity index (χ3v) is 3.04. The molecule has 1 aromatic carbocycles. The molecule has 0 spiro atoms. The predicted molar refractivity (Wildman–Crippen MR) is 56.3 cm³/mol. The predicted octanol–water partition coefficient (Wildman–Crippen LogP) is 2.42. The van der Waals surface area contributed by atoms with E-state index in [0.29, 0.717) is 6.04 Å². The summed E-state index contributed by atoms with van der Waals surface area (Å²) in [5.41, 5.74) is 2.88. The van der Waals surface area contributed by atoms with E-state index in [2.05, 4.69) is 17.4 Å². The molecule has 0 amide bonds. The molecule has 0 radical (unpaired) electrons. The van der Waals surface area contributed by atoms with Crippen molar-refractivity contribution in [1.29, 1.82) is 0 Å². The highest BCUT2D eigenvalue weighted by Gasteiger charge is 2.16. The number of hydrogen-bond donors (Lipinski definition) is 1. The van der Waals surface area contributed by atoms with Crippen LogP contribution in [0.4, 0.5) is 0 Å². The van der Waals surface area contributed by atoms with Gasteiger partial charge in [-0.3, -0.25) is 0 Å². The monoisotopic (exact) mass is 195 g/mol. The number of aryl methyl sites for hydroxylation is 1. The molecule has 0 heterocycles. The first-order valence-electron chi connectivity index (χ1n) is 4.74. The van der Waals surface area contributed by atoms with Gasteiger partial charge in [-0.15, -0.1) is 0 Å². The van der Waals surface area contributed by atoms with Gasteiger partial charge in [0.25, 0.3) is 0 Å². The van der Waals surface area contributed by atoms with E-state index in [-0.39, 0.29) is 0 Å². The molecule has 1 aliphatic carbocycles. The van der Waals surface area contributed by atoms with Crippen LogP contribution in [0.3, 0.4) is 0 Å². The summed E-state index contributed by atoms with van der Waals surface area (Å²) in [6.45, 7) is 0. The molecular formula is C11H14ClN. The number of halogens is 1. The Hall–Kier alpha value is -0.530. The van der Waals surface area contributed by atoms with Gasteiger partial charge in [0.1, 0.15) is 0 Å². The van der Waals surface area contributed by atoms with Crippen molar-refractivity contribution in [2.75, 3.05) is 7.05 Å². The van der Waals surface area contributed by atoms with Crippen molar-refractivity contribution in [2.24, 2.45) is 0 Å². The normalized spacial score (nSPS) is 21.2. The highest BCUT2D eigenvalue weighted by atomic mass is 35.5. The summed E-state index contributed by atoms with van der Waals surface area (Å²) in [4.78, 5) is 0. The smallest absolute Gasteiger partial charge is 0.0408 e. The molecule has 1 atom stereocenters. The lowest BCUT2D eigenvalue weighted by molar-refractivity contribution is 0.496. The molecule has 1 N–H and O–H groups in total. The zero-order valence-corrected chi connectivity index (χ0v) is 8.56. The summed E-state index contributed by atoms with van der Waals surface area (Å²) in [5, 5.41) is 4.19. The molecule has 0 fully saturated rings. The Labute approximate surface area is 84.1 Å². The van der Waals surface area contributed by atoms with E-state index in [9.17, 15) is 0 Å². The third kappa shape index (κ3) is 1.87. The van der Waals surface area contributed by atoms with Crippen molar-refractivity contribution in [1.82, 2.24) is 5.32 Å². The van der Waals surface area contributed by atoms with Crippen LogP contribution < -0.4 is 5.32 Å². The second kappa shape index (κ2) is 3.69. The maximum atomic E-state index is 5.93. The van der Waals surface area contributed by atoms with Crippen molar-refractivity contribution in [3.8, 4) is 0 Å². The number of likely N-dealkylation sites (N-methyl/N-ethyl adjacent to an activating group) is 1. The van der Waals surface area contributed by atoms with Crippen LogP contribution in [0.25, 0.3) is 0 Å². The van der Waals surface area contributed by atoms with Gasteiger partial charge < -0.3 is 5.32 Å². The SMILES string of the molecule is CNC1CCc2cc(Cl)ccc2C1. The van der Waals surface area contributed by atoms with Crippen LogP contribution in [-0.2, 0) is 12.8 Å². The molecule has 2 rings (SSSR count). The largest absolute Gasteiger partial charge is 0.317 e. The van der Waals surface area contributed by atoms with Crippen molar-refractivity contribution in [3.63, 3.8) is 0 Å². The molecule has 0 saturated carbocycles. The molecule has 1 aliphatic rings. The van der Waals surface area contributed by atoms with E-state index in [1.54, 1.807) is 0 Å². The molecule has 13 heavy (non-hydrogen) atoms. The first kappa shape index (κ1) is 9.04. The van der Waals surface area contributed by atoms with E-state index in [1.807, 2.05) is 13.1 Å². The van der Waals surface area contributed by atoms with Crippen LogP contribution in [0.5, 0.6) is 0 Å². The minimum atomic E-state index is 0.647. The summed E-state index contributed by atoms with van der Waals surface area (Å²) in [7, 11) is 2.03. The average Bonchev–Trinajstić information content (AvgIpc) is 2.17. The fourth-order valence-electron chi connectivity index (χ4n) is 1.97. The lowest BCUT2D eigenvalue weighted by Gasteiger charge is -2.24. The molecule has 0 aromatic heterocycles. The van der Waals surface area contributed by atoms with Crippen LogP contribution in [-0.4, -0.2) is 13.1 Å². The van der Waals surface area contributed by atoms with E-state index in [0.717, 1.165) is 17.9 Å². The van der Waals surface area contributed by atoms with Crippen LogP contribution in [0, 0.1) is 0 Å². The molecule has 1 unspecified atom stereocenters. The van der Waals surface area contributed by atoms with Gasteiger partial charge in [0, 0.05) is 11.1 Å². The third-order valence-electron chi connectivity index (χ3n) is 2.81. The number of hydrogen-bond acceptors (Lipinski definition) is 1. The number of fused-ring (bicyclic) bond motifs is 1. The number of nitrogens with one attached hydrogen (secondary N) is 1. The van der Waals surface area contributed by atoms with Crippen LogP contribution in [0.1, 0.15) is 17.5 Å². The standard InChI is InChI=1S/C11H14ClN/c1-13-11-5-3-8-6-10(12)4-2-9(8)7-11/h2,4,6,11,13H,3,5,7H2,1H3. The van der Waals surface area contributed by atoms with Crippen molar-refractivity contribution in [2.45, 2.75) is 25.3 Å². The zero-order valence-electron chi connectivity index (χ0n) is 7.81. The van der Waals surface area contributed by atoms with Gasteiger partial charge in [-0.2, -0.15) is 0 Å². The van der Waals surface area contributed by atoms with Gasteiger partial charge in [0.05, 0.1) is 0 Å². The van der Waals surface area contributed by atoms with Gasteiger partial charge in [0.2, 0.25) is 0 Å². The maximum absolute atomic E-state index is 5.93. The number of benzene rings is 1. The Kier molecular flexibility index (Phi) is 2.56. The Morgan fingerprint density at radius 3 is 3.00 bits per heavy atom. The van der Waals surface area contributed by atoms with Crippen LogP contribution >= 0.6 is 11.6 Å². The Bertz CT molecular complexity index is 309. The Morgan fingerprint density at radius 1 is 1.38 bits per heavy atom. The summed E-state index contributed by atoms with van der Waals surface area (Å²) >= 11 is 5.93. The van der Waals surface area contributed by atoms with Crippen molar-refractivity contribution in [3.05, 3.63) is 34.3 Å². The first-order chi connectivity index (χ1) is 6.29. The topological polar surface area (TPSA) is 12.0 Å². The van der Waals surface area contributed by atoms with E-state index >= 15 is 0 Å². The average molecular weight is 196 g/mol. The van der Waals surface area contributed by atoms with E-state index in [4.69, 9.17) is 11.6 Å². The summed E-state index contributed by atoms with van der Waals surface area (Å²) in [5.74, 6) is 0. The molecule has 1 nitrogen and oxygen atoms in total. The molecule has 1 aromatic rings. The van der Waals surface area contributed by atoms with Crippen molar-refractivity contribution < 1.29 is 0 Å². The highest BCUT2D eigenvalue weighted by Crippen LogP contribution is 2.24. The van der Waals surface area contributed by atoms with Gasteiger partial charge in [-0.25, -0.2) is 0 Å². The second-order valence-electron chi connectivity index (χ2n) is 3.64. The van der Waals surface area contributed by atoms with Crippen LogP contribution in [0.2, 0.25) is 5.02 Å². The minimum absolute atomic E-state index is 0.647. The minimum Gasteiger partial charge on any atom is -0.317 e. The molecule has 70 valence electrons. The second-order valence-corrected chi connectivity index (χ2v) is 4.08. The summed E-state index contributed by atoms with van der Waals surface area (Å²) in [6, 6.07) is 6.89. The molecule has 0 saturated heterocycles. The summed E-state index contributed by atoms with van der Waals surface area (Å²) < 4.78 is 0. The molecule has 0 bridgehead atoms. The summed E-state index contributed by atoms with van der Waals surface area (Å²) in [6.07, 6.45) is 3.52. The van der Waals surface area contributed by atoms with E-state index < -0.39 is 0 Å². The molecular weight excluding hydrogens is 182 g/mol. The fourth-order valence-corrected chi connectivity index (χ4v) is 2.16. The fraction of sp³-hybridized carbons (Fsp3) is 0.455. The lowest BCUT2D eigenvalue weighted by Crippen LogP contribution is -2.31. The maximum Gasteiger partial charge on any atom is 0.0408 e. The Balaban J connectivity index is 2.26. The number of rotatable bonds is 1. The van der Waals surface area contributed by atoms with Gasteiger partial charge >= 0.3 is 0 Å². The Morgan fingerprint density at radius 2 is 2.23 bits per heavy atom. The lowest BCUT2D eigenvalue weighted by atomic mass is 9.88. The van der Waals surface area contributed by atoms with Crippen molar-refractivity contribution >= 4 is 11.6 Å². The highest BCUT2D eigenvalue weighted by molar-refractivity contribution is 6.30. The van der Waals surface area contributed by atoms with Gasteiger partial charge in [-0.1, -0.05) is 17.7 Å². The molecule has 2 heteroatoms. The van der Waals surface area contributed by atoms with E-state index in [1.165, 1.54) is 17.5 Å². The van der Waals surface area contributed by atoms with Gasteiger partial charge in [-0.05, 0) is 49.6 Å². The van der Waals surface area contributed by atoms with Gasteiger partial charge in [0.15, 0.2) is 0 Å². The first-order valence-corrected chi connectivity index (χ1v) is 5.12. The quantitative estimate of drug-likeness (QED) is 0.726. The molecule has 0 aliphatic heterocycles. The van der Waals surface area contributed by atoms with Crippen LogP contribution in [0.15, 0.2) is 18.2 Å².